The second-order valence-corrected chi connectivity index (χ2v) is 21.6. The van der Waals surface area contributed by atoms with Crippen molar-refractivity contribution < 1.29 is 59.6 Å². The van der Waals surface area contributed by atoms with Crippen molar-refractivity contribution in [3.8, 4) is 0 Å². The number of ether oxygens (including phenoxy) is 2. The number of alkyl halides is 1. The van der Waals surface area contributed by atoms with Crippen LogP contribution in [0.25, 0.3) is 0 Å². The first-order chi connectivity index (χ1) is 25.5. The third-order valence-corrected chi connectivity index (χ3v) is 9.38. The zero-order valence-corrected chi connectivity index (χ0v) is 44.6. The number of carbonyl (C=O) groups is 4. The number of amides is 2. The molecule has 3 aliphatic heterocycles. The van der Waals surface area contributed by atoms with E-state index in [4.69, 9.17) is 9.47 Å². The number of rotatable bonds is 8. The van der Waals surface area contributed by atoms with E-state index in [1.54, 1.807) is 20.8 Å². The molecule has 58 heavy (non-hydrogen) atoms. The van der Waals surface area contributed by atoms with Crippen molar-refractivity contribution in [3.05, 3.63) is 0 Å². The van der Waals surface area contributed by atoms with Crippen molar-refractivity contribution in [3.63, 3.8) is 0 Å². The van der Waals surface area contributed by atoms with Gasteiger partial charge < -0.3 is 16.2 Å². The Labute approximate surface area is 391 Å². The molecule has 3 aliphatic rings. The molecule has 1 N–H and O–H groups in total. The van der Waals surface area contributed by atoms with Crippen LogP contribution in [0.1, 0.15) is 184 Å². The molecule has 2 saturated heterocycles. The average Bonchev–Trinajstić information content (AvgIpc) is 3.04. The van der Waals surface area contributed by atoms with Gasteiger partial charge in [0.1, 0.15) is 17.0 Å². The van der Waals surface area contributed by atoms with Crippen molar-refractivity contribution in [2.45, 2.75) is 204 Å². The van der Waals surface area contributed by atoms with Crippen LogP contribution in [-0.4, -0.2) is 84.5 Å². The van der Waals surface area contributed by atoms with Crippen LogP contribution in [0.4, 0.5) is 4.79 Å². The van der Waals surface area contributed by atoms with Crippen LogP contribution >= 0.6 is 15.9 Å². The van der Waals surface area contributed by atoms with Crippen LogP contribution in [0.5, 0.6) is 0 Å². The van der Waals surface area contributed by atoms with E-state index in [0.717, 1.165) is 36.8 Å². The molecule has 5 unspecified atom stereocenters. The average molecular weight is 894 g/mol. The van der Waals surface area contributed by atoms with Crippen molar-refractivity contribution in [2.24, 2.45) is 46.4 Å². The molecule has 2 amide bonds. The number of Topliss-reactive ketones (excluding diaryl/α,β-unsaturated/α-hetero) is 1. The Kier molecular flexibility index (Phi) is 36.2. The fraction of sp³-hybridized carbons (Fsp3) is 0.891. The molecule has 335 valence electrons. The summed E-state index contributed by atoms with van der Waals surface area (Å²) in [4.78, 5) is 52.5. The van der Waals surface area contributed by atoms with E-state index < -0.39 is 17.3 Å². The fourth-order valence-electron chi connectivity index (χ4n) is 5.84. The van der Waals surface area contributed by atoms with Gasteiger partial charge in [-0.3, -0.25) is 19.4 Å². The molecule has 0 aliphatic carbocycles. The fourth-order valence-corrected chi connectivity index (χ4v) is 5.84. The number of hydrogen-bond donors (Lipinski definition) is 1. The van der Waals surface area contributed by atoms with Crippen LogP contribution in [0.3, 0.4) is 0 Å². The first kappa shape index (κ1) is 63.9. The molecule has 0 aromatic rings. The van der Waals surface area contributed by atoms with Crippen LogP contribution < -0.4 is 34.9 Å². The number of esters is 1. The van der Waals surface area contributed by atoms with Gasteiger partial charge >= 0.3 is 41.6 Å². The molecule has 5 atom stereocenters. The Morgan fingerprint density at radius 2 is 1.34 bits per heavy atom. The molecule has 0 aromatic heterocycles. The van der Waals surface area contributed by atoms with Gasteiger partial charge in [0.15, 0.2) is 0 Å². The summed E-state index contributed by atoms with van der Waals surface area (Å²) in [5.41, 5.74) is 0.463. The SMILES string of the molecule is CC(C)Br.CC(CCC(=O)OC(C)(C)C)CC(=O)C(C)C.CC1CCC(=O)N(C(=O)OC(C)(C)C)C1.CC1CCC(C(C)C)=NC1.CC1CCC(C(C)C)NC1.[B].[H-].[Na+]. The molecule has 3 heterocycles. The molecule has 3 radical (unpaired) electrons. The van der Waals surface area contributed by atoms with Crippen LogP contribution in [-0.2, 0) is 23.9 Å². The van der Waals surface area contributed by atoms with E-state index in [9.17, 15) is 19.2 Å². The smallest absolute Gasteiger partial charge is 1.00 e. The van der Waals surface area contributed by atoms with E-state index in [0.29, 0.717) is 48.9 Å². The van der Waals surface area contributed by atoms with Gasteiger partial charge in [0.05, 0.1) is 0 Å². The van der Waals surface area contributed by atoms with Crippen LogP contribution in [0.15, 0.2) is 4.99 Å². The molecule has 0 spiro atoms. The number of carbonyl (C=O) groups excluding carboxylic acids is 4. The summed E-state index contributed by atoms with van der Waals surface area (Å²) < 4.78 is 10.4. The maximum Gasteiger partial charge on any atom is 1.00 e. The first-order valence-corrected chi connectivity index (χ1v) is 22.6. The number of hydrogen-bond acceptors (Lipinski definition) is 8. The molecular formula is C46H89BBrN3NaO6. The van der Waals surface area contributed by atoms with Gasteiger partial charge in [0, 0.05) is 63.3 Å². The summed E-state index contributed by atoms with van der Waals surface area (Å²) in [7, 11) is 0. The minimum atomic E-state index is -0.544. The van der Waals surface area contributed by atoms with E-state index >= 15 is 0 Å². The maximum atomic E-state index is 11.7. The molecular weight excluding hydrogens is 804 g/mol. The van der Waals surface area contributed by atoms with Gasteiger partial charge in [-0.15, -0.1) is 0 Å². The number of imide groups is 1. The summed E-state index contributed by atoms with van der Waals surface area (Å²) in [6, 6.07) is 0.788. The number of piperidine rings is 2. The number of nitrogens with one attached hydrogen (secondary N) is 1. The summed E-state index contributed by atoms with van der Waals surface area (Å²) >= 11 is 3.27. The molecule has 0 saturated carbocycles. The van der Waals surface area contributed by atoms with Crippen molar-refractivity contribution in [1.82, 2.24) is 10.2 Å². The molecule has 12 heteroatoms. The Balaban J connectivity index is -0.000000213. The van der Waals surface area contributed by atoms with E-state index in [1.807, 2.05) is 48.5 Å². The van der Waals surface area contributed by atoms with Gasteiger partial charge in [0.25, 0.3) is 0 Å². The minimum absolute atomic E-state index is 0. The molecule has 2 fully saturated rings. The van der Waals surface area contributed by atoms with Gasteiger partial charge in [-0.25, -0.2) is 9.69 Å². The van der Waals surface area contributed by atoms with Crippen molar-refractivity contribution in [1.29, 1.82) is 0 Å². The van der Waals surface area contributed by atoms with Crippen LogP contribution in [0.2, 0.25) is 0 Å². The summed E-state index contributed by atoms with van der Waals surface area (Å²) in [6.07, 6.45) is 7.82. The van der Waals surface area contributed by atoms with E-state index in [2.05, 4.69) is 81.6 Å². The number of aliphatic imine (C=N–C) groups is 1. The largest absolute Gasteiger partial charge is 1.00 e. The number of halogens is 1. The maximum absolute atomic E-state index is 11.7. The summed E-state index contributed by atoms with van der Waals surface area (Å²) in [5.74, 6) is 3.87. The Hall–Kier alpha value is -0.745. The van der Waals surface area contributed by atoms with E-state index in [1.165, 1.54) is 42.8 Å². The monoisotopic (exact) mass is 893 g/mol. The standard InChI is InChI=1S/C14H26O3.C11H19NO3.C9H19N.C9H17N.C3H7Br.B.Na.H/c1-10(2)12(15)9-11(3)7-8-13(16)17-14(4,5)6;1-8-5-6-9(13)12(7-8)10(14)15-11(2,3)4;2*1-7(2)9-5-4-8(3)6-10-9;1-3(2)4;;;/h10-11H,7-9H2,1-6H3;8H,5-7H2,1-4H3;7-10H,4-6H2,1-3H3;7-8H,4-6H2,1-3H3;3H,1-2H3;;;/q;;;;;;+1;-1. The van der Waals surface area contributed by atoms with Crippen LogP contribution in [0, 0.1) is 41.4 Å². The Bertz CT molecular complexity index is 1170. The normalized spacial score (nSPS) is 21.1. The zero-order valence-electron chi connectivity index (χ0n) is 42.0. The predicted molar refractivity (Wildman–Crippen MR) is 247 cm³/mol. The second kappa shape index (κ2) is 32.9. The van der Waals surface area contributed by atoms with E-state index in [-0.39, 0.29) is 68.9 Å². The summed E-state index contributed by atoms with van der Waals surface area (Å²) in [5, 5.41) is 3.57. The molecule has 0 aromatic carbocycles. The third kappa shape index (κ3) is 36.0. The number of likely N-dealkylation sites (tertiary alicyclic amines) is 1. The topological polar surface area (TPSA) is 114 Å². The molecule has 0 bridgehead atoms. The number of nitrogens with zero attached hydrogens (tertiary/aromatic N) is 2. The predicted octanol–water partition coefficient (Wildman–Crippen LogP) is 8.61. The Morgan fingerprint density at radius 1 is 0.828 bits per heavy atom. The minimum Gasteiger partial charge on any atom is -1.00 e. The number of ketones is 1. The third-order valence-electron chi connectivity index (χ3n) is 9.38. The molecule has 9 nitrogen and oxygen atoms in total. The van der Waals surface area contributed by atoms with Crippen molar-refractivity contribution in [2.75, 3.05) is 19.6 Å². The van der Waals surface area contributed by atoms with Gasteiger partial charge in [-0.05, 0) is 122 Å². The zero-order chi connectivity index (χ0) is 44.0. The second-order valence-electron chi connectivity index (χ2n) is 19.8. The Morgan fingerprint density at radius 3 is 1.74 bits per heavy atom. The van der Waals surface area contributed by atoms with Gasteiger partial charge in [-0.1, -0.05) is 99.0 Å². The van der Waals surface area contributed by atoms with Gasteiger partial charge in [0.2, 0.25) is 5.91 Å². The van der Waals surface area contributed by atoms with Crippen molar-refractivity contribution >= 4 is 53.8 Å². The molecule has 3 rings (SSSR count). The first-order valence-electron chi connectivity index (χ1n) is 21.7. The quantitative estimate of drug-likeness (QED) is 0.148. The van der Waals surface area contributed by atoms with Gasteiger partial charge in [-0.2, -0.15) is 0 Å². The summed E-state index contributed by atoms with van der Waals surface area (Å²) in [6.45, 7) is 39.4.